The maximum absolute atomic E-state index is 13.8. The van der Waals surface area contributed by atoms with Gasteiger partial charge in [-0.05, 0) is 47.8 Å². The van der Waals surface area contributed by atoms with Crippen LogP contribution in [0.3, 0.4) is 0 Å². The first-order valence-corrected chi connectivity index (χ1v) is 11.5. The zero-order valence-electron chi connectivity index (χ0n) is 18.6. The topological polar surface area (TPSA) is 54.8 Å². The summed E-state index contributed by atoms with van der Waals surface area (Å²) in [7, 11) is 0. The minimum absolute atomic E-state index is 0.0626. The molecule has 1 aromatic carbocycles. The number of nitrogens with zero attached hydrogens (tertiary/aromatic N) is 3. The number of carbonyl (C=O) groups is 1. The maximum atomic E-state index is 13.8. The summed E-state index contributed by atoms with van der Waals surface area (Å²) >= 11 is 0. The van der Waals surface area contributed by atoms with Crippen LogP contribution in [0.2, 0.25) is 0 Å². The molecule has 5 heteroatoms. The molecule has 3 heterocycles. The molecule has 5 nitrogen and oxygen atoms in total. The van der Waals surface area contributed by atoms with Crippen molar-refractivity contribution >= 4 is 11.6 Å². The molecule has 1 aromatic heterocycles. The number of benzene rings is 1. The highest BCUT2D eigenvalue weighted by molar-refractivity contribution is 6.01. The first-order valence-electron chi connectivity index (χ1n) is 11.5. The monoisotopic (exact) mass is 417 g/mol. The number of pyridine rings is 1. The molecule has 1 saturated carbocycles. The van der Waals surface area contributed by atoms with Gasteiger partial charge in [0.25, 0.3) is 0 Å². The highest BCUT2D eigenvalue weighted by atomic mass is 16.6. The van der Waals surface area contributed by atoms with Crippen molar-refractivity contribution in [2.75, 3.05) is 0 Å². The largest absolute Gasteiger partial charge is 0.325 e. The lowest BCUT2D eigenvalue weighted by Gasteiger charge is -2.37. The van der Waals surface area contributed by atoms with Gasteiger partial charge in [0.05, 0.1) is 12.3 Å². The smallest absolute Gasteiger partial charge is 0.229 e. The van der Waals surface area contributed by atoms with Crippen molar-refractivity contribution in [1.29, 1.82) is 0 Å². The maximum Gasteiger partial charge on any atom is 0.229 e. The number of hydrogen-bond donors (Lipinski definition) is 0. The van der Waals surface area contributed by atoms with Gasteiger partial charge in [0.1, 0.15) is 0 Å². The van der Waals surface area contributed by atoms with E-state index in [1.54, 1.807) is 6.20 Å². The van der Waals surface area contributed by atoms with Gasteiger partial charge in [-0.3, -0.25) is 14.8 Å². The van der Waals surface area contributed by atoms with Gasteiger partial charge in [-0.15, -0.1) is 0 Å². The molecule has 1 saturated heterocycles. The van der Waals surface area contributed by atoms with Crippen LogP contribution < -0.4 is 0 Å². The molecule has 2 bridgehead atoms. The van der Waals surface area contributed by atoms with E-state index in [1.165, 1.54) is 5.56 Å². The lowest BCUT2D eigenvalue weighted by Crippen LogP contribution is -2.52. The Labute approximate surface area is 184 Å². The van der Waals surface area contributed by atoms with Crippen LogP contribution in [-0.2, 0) is 16.1 Å². The van der Waals surface area contributed by atoms with Crippen molar-refractivity contribution in [2.45, 2.75) is 64.4 Å². The van der Waals surface area contributed by atoms with Crippen LogP contribution in [0.5, 0.6) is 0 Å². The predicted octanol–water partition coefficient (Wildman–Crippen LogP) is 4.79. The first-order chi connectivity index (χ1) is 15.0. The van der Waals surface area contributed by atoms with Crippen molar-refractivity contribution in [2.24, 2.45) is 22.7 Å². The first kappa shape index (κ1) is 20.4. The fourth-order valence-corrected chi connectivity index (χ4v) is 5.66. The van der Waals surface area contributed by atoms with E-state index in [0.29, 0.717) is 18.9 Å². The van der Waals surface area contributed by atoms with E-state index >= 15 is 0 Å². The Hall–Kier alpha value is -2.53. The highest BCUT2D eigenvalue weighted by Crippen LogP contribution is 2.53. The van der Waals surface area contributed by atoms with Crippen LogP contribution >= 0.6 is 0 Å². The number of likely N-dealkylation sites (tertiary alicyclic amines) is 1. The molecule has 2 aromatic rings. The summed E-state index contributed by atoms with van der Waals surface area (Å²) in [6.45, 7) is 7.13. The average Bonchev–Trinajstić information content (AvgIpc) is 3.20. The fourth-order valence-electron chi connectivity index (χ4n) is 5.66. The Bertz CT molecular complexity index is 975. The number of aromatic nitrogens is 1. The van der Waals surface area contributed by atoms with Crippen LogP contribution in [0.4, 0.5) is 0 Å². The molecule has 0 N–H and O–H groups in total. The van der Waals surface area contributed by atoms with Crippen molar-refractivity contribution in [3.63, 3.8) is 0 Å². The lowest BCUT2D eigenvalue weighted by molar-refractivity contribution is -0.151. The van der Waals surface area contributed by atoms with Crippen LogP contribution in [0.1, 0.15) is 57.1 Å². The molecule has 1 amide bonds. The number of ether oxygens (including phenoxy) is 1. The second kappa shape index (κ2) is 7.86. The molecule has 1 aliphatic carbocycles. The Balaban J connectivity index is 1.55. The van der Waals surface area contributed by atoms with Crippen LogP contribution in [0, 0.1) is 17.8 Å². The zero-order chi connectivity index (χ0) is 21.6. The normalized spacial score (nSPS) is 32.2. The Kier molecular flexibility index (Phi) is 5.17. The molecule has 3 aliphatic rings. The van der Waals surface area contributed by atoms with Crippen LogP contribution in [0.25, 0.3) is 0 Å². The van der Waals surface area contributed by atoms with Crippen LogP contribution in [0.15, 0.2) is 59.9 Å². The van der Waals surface area contributed by atoms with E-state index < -0.39 is 5.72 Å². The Morgan fingerprint density at radius 2 is 1.97 bits per heavy atom. The molecule has 5 atom stereocenters. The van der Waals surface area contributed by atoms with Gasteiger partial charge >= 0.3 is 0 Å². The number of hydrogen-bond acceptors (Lipinski definition) is 4. The van der Waals surface area contributed by atoms with Gasteiger partial charge in [-0.2, -0.15) is 0 Å². The quantitative estimate of drug-likeness (QED) is 0.703. The van der Waals surface area contributed by atoms with Gasteiger partial charge in [-0.25, -0.2) is 0 Å². The van der Waals surface area contributed by atoms with E-state index in [2.05, 4.69) is 50.0 Å². The third-order valence-electron chi connectivity index (χ3n) is 7.24. The SMILES string of the molecule is CC(C)C[C@@H]1N=C2C[C@H](c3ccccc3)[C@@H](C)[C@@H]3C[C@@]2(O1)N(Cc1cccnc1)C3=O. The third kappa shape index (κ3) is 3.49. The van der Waals surface area contributed by atoms with Gasteiger partial charge in [0, 0.05) is 24.7 Å². The molecule has 162 valence electrons. The molecule has 2 fully saturated rings. The average molecular weight is 418 g/mol. The fraction of sp³-hybridized carbons (Fsp3) is 0.500. The lowest BCUT2D eigenvalue weighted by atomic mass is 9.78. The second-order valence-electron chi connectivity index (χ2n) is 9.74. The Morgan fingerprint density at radius 3 is 2.68 bits per heavy atom. The summed E-state index contributed by atoms with van der Waals surface area (Å²) < 4.78 is 6.70. The number of amides is 1. The predicted molar refractivity (Wildman–Crippen MR) is 120 cm³/mol. The Morgan fingerprint density at radius 1 is 1.16 bits per heavy atom. The van der Waals surface area contributed by atoms with E-state index in [0.717, 1.165) is 24.1 Å². The van der Waals surface area contributed by atoms with Crippen LogP contribution in [-0.4, -0.2) is 33.5 Å². The number of rotatable bonds is 5. The highest BCUT2D eigenvalue weighted by Gasteiger charge is 2.62. The summed E-state index contributed by atoms with van der Waals surface area (Å²) in [5.41, 5.74) is 2.66. The minimum Gasteiger partial charge on any atom is -0.325 e. The summed E-state index contributed by atoms with van der Waals surface area (Å²) in [6.07, 6.45) is 5.84. The van der Waals surface area contributed by atoms with Gasteiger partial charge in [0.2, 0.25) is 5.91 Å². The molecule has 1 spiro atoms. The molecule has 0 unspecified atom stereocenters. The standard InChI is InChI=1S/C26H31N3O2/c1-17(2)12-24-28-23-13-21(20-9-5-4-6-10-20)18(3)22-14-26(23,31-24)29(25(22)30)16-19-8-7-11-27-15-19/h4-11,15,17-18,21-22,24H,12-14,16H2,1-3H3/t18-,21+,22+,24-,26+/m1/s1. The number of fused-ring (bicyclic) bond motifs is 1. The van der Waals surface area contributed by atoms with Crippen molar-refractivity contribution in [3.05, 3.63) is 66.0 Å². The van der Waals surface area contributed by atoms with E-state index in [9.17, 15) is 4.79 Å². The summed E-state index contributed by atoms with van der Waals surface area (Å²) in [5, 5.41) is 0. The summed E-state index contributed by atoms with van der Waals surface area (Å²) in [4.78, 5) is 25.1. The zero-order valence-corrected chi connectivity index (χ0v) is 18.6. The van der Waals surface area contributed by atoms with Gasteiger partial charge in [0.15, 0.2) is 12.0 Å². The molecule has 2 aliphatic heterocycles. The number of carbonyl (C=O) groups excluding carboxylic acids is 1. The van der Waals surface area contributed by atoms with Gasteiger partial charge < -0.3 is 9.64 Å². The van der Waals surface area contributed by atoms with E-state index in [-0.39, 0.29) is 29.9 Å². The van der Waals surface area contributed by atoms with Crippen molar-refractivity contribution in [3.8, 4) is 0 Å². The molecular weight excluding hydrogens is 386 g/mol. The second-order valence-corrected chi connectivity index (χ2v) is 9.74. The molecule has 31 heavy (non-hydrogen) atoms. The summed E-state index contributed by atoms with van der Waals surface area (Å²) in [6, 6.07) is 14.6. The third-order valence-corrected chi connectivity index (χ3v) is 7.24. The number of aliphatic imine (C=N–C) groups is 1. The van der Waals surface area contributed by atoms with Crippen molar-refractivity contribution in [1.82, 2.24) is 9.88 Å². The van der Waals surface area contributed by atoms with Crippen molar-refractivity contribution < 1.29 is 9.53 Å². The van der Waals surface area contributed by atoms with Gasteiger partial charge in [-0.1, -0.05) is 57.2 Å². The molecule has 5 rings (SSSR count). The minimum atomic E-state index is -0.713. The molecule has 0 radical (unpaired) electrons. The molecular formula is C26H31N3O2. The van der Waals surface area contributed by atoms with E-state index in [1.807, 2.05) is 29.3 Å². The summed E-state index contributed by atoms with van der Waals surface area (Å²) in [5.74, 6) is 1.11. The van der Waals surface area contributed by atoms with E-state index in [4.69, 9.17) is 9.73 Å².